The number of hydrogen-bond acceptors (Lipinski definition) is 2. The molecule has 6 heteroatoms. The first kappa shape index (κ1) is 17.8. The molecule has 1 heterocycles. The zero-order valence-corrected chi connectivity index (χ0v) is 15.1. The number of rotatable bonds is 5. The maximum atomic E-state index is 12.5. The van der Waals surface area contributed by atoms with Crippen LogP contribution in [0.3, 0.4) is 0 Å². The van der Waals surface area contributed by atoms with Gasteiger partial charge in [-0.15, -0.1) is 0 Å². The molecule has 0 bridgehead atoms. The normalized spacial score (nSPS) is 17.0. The van der Waals surface area contributed by atoms with E-state index < -0.39 is 6.04 Å². The number of anilines is 1. The van der Waals surface area contributed by atoms with Gasteiger partial charge in [-0.1, -0.05) is 35.3 Å². The predicted octanol–water partition coefficient (Wildman–Crippen LogP) is 3.85. The Bertz CT molecular complexity index is 777. The summed E-state index contributed by atoms with van der Waals surface area (Å²) in [4.78, 5) is 26.3. The van der Waals surface area contributed by atoms with E-state index in [2.05, 4.69) is 5.32 Å². The number of benzene rings is 2. The minimum Gasteiger partial charge on any atom is -0.354 e. The molecule has 0 aliphatic carbocycles. The Morgan fingerprint density at radius 1 is 1.12 bits per heavy atom. The van der Waals surface area contributed by atoms with E-state index in [1.54, 1.807) is 29.2 Å². The molecule has 1 aliphatic rings. The predicted molar refractivity (Wildman–Crippen MR) is 100 cm³/mol. The van der Waals surface area contributed by atoms with Crippen LogP contribution in [0, 0.1) is 0 Å². The maximum absolute atomic E-state index is 12.5. The van der Waals surface area contributed by atoms with Gasteiger partial charge in [0.05, 0.1) is 0 Å². The molecule has 1 atom stereocenters. The van der Waals surface area contributed by atoms with E-state index in [4.69, 9.17) is 23.2 Å². The number of carbonyl (C=O) groups is 2. The molecule has 0 saturated carbocycles. The third kappa shape index (κ3) is 4.33. The molecule has 2 aromatic carbocycles. The molecule has 1 fully saturated rings. The van der Waals surface area contributed by atoms with Crippen molar-refractivity contribution in [2.75, 3.05) is 11.4 Å². The van der Waals surface area contributed by atoms with Gasteiger partial charge in [0.1, 0.15) is 6.04 Å². The van der Waals surface area contributed by atoms with Gasteiger partial charge in [-0.25, -0.2) is 0 Å². The Morgan fingerprint density at radius 3 is 2.60 bits per heavy atom. The Hall–Kier alpha value is -2.04. The molecule has 1 aliphatic heterocycles. The van der Waals surface area contributed by atoms with E-state index in [-0.39, 0.29) is 11.8 Å². The molecule has 0 spiro atoms. The summed E-state index contributed by atoms with van der Waals surface area (Å²) in [5.41, 5.74) is 1.76. The fourth-order valence-corrected chi connectivity index (χ4v) is 3.34. The van der Waals surface area contributed by atoms with Crippen LogP contribution in [0.4, 0.5) is 5.69 Å². The molecule has 4 nitrogen and oxygen atoms in total. The number of halogens is 2. The topological polar surface area (TPSA) is 49.4 Å². The van der Waals surface area contributed by atoms with Crippen molar-refractivity contribution in [2.24, 2.45) is 0 Å². The summed E-state index contributed by atoms with van der Waals surface area (Å²) in [6.45, 7) is 0.498. The molecular formula is C19H18Cl2N2O2. The summed E-state index contributed by atoms with van der Waals surface area (Å²) in [5.74, 6) is -0.180. The lowest BCUT2D eigenvalue weighted by Crippen LogP contribution is -2.45. The smallest absolute Gasteiger partial charge is 0.243 e. The van der Waals surface area contributed by atoms with Crippen LogP contribution in [-0.4, -0.2) is 24.4 Å². The Kier molecular flexibility index (Phi) is 5.61. The quantitative estimate of drug-likeness (QED) is 0.861. The molecule has 1 unspecified atom stereocenters. The van der Waals surface area contributed by atoms with Gasteiger partial charge in [-0.2, -0.15) is 0 Å². The fraction of sp³-hybridized carbons (Fsp3) is 0.263. The first-order chi connectivity index (χ1) is 12.0. The van der Waals surface area contributed by atoms with Crippen molar-refractivity contribution in [1.82, 2.24) is 5.32 Å². The van der Waals surface area contributed by atoms with Gasteiger partial charge < -0.3 is 5.32 Å². The van der Waals surface area contributed by atoms with Gasteiger partial charge in [0, 0.05) is 28.7 Å². The molecule has 2 amide bonds. The van der Waals surface area contributed by atoms with Crippen molar-refractivity contribution >= 4 is 40.7 Å². The van der Waals surface area contributed by atoms with Crippen LogP contribution in [0.2, 0.25) is 10.0 Å². The average molecular weight is 377 g/mol. The highest BCUT2D eigenvalue weighted by Crippen LogP contribution is 2.27. The minimum absolute atomic E-state index is 0.0442. The van der Waals surface area contributed by atoms with Crippen LogP contribution in [-0.2, 0) is 16.0 Å². The molecule has 0 radical (unpaired) electrons. The van der Waals surface area contributed by atoms with Crippen LogP contribution in [0.15, 0.2) is 48.5 Å². The van der Waals surface area contributed by atoms with E-state index in [1.807, 2.05) is 24.3 Å². The van der Waals surface area contributed by atoms with Gasteiger partial charge in [0.15, 0.2) is 0 Å². The zero-order chi connectivity index (χ0) is 17.8. The summed E-state index contributed by atoms with van der Waals surface area (Å²) in [7, 11) is 0. The molecule has 130 valence electrons. The molecule has 2 aromatic rings. The Balaban J connectivity index is 1.62. The largest absolute Gasteiger partial charge is 0.354 e. The molecule has 1 N–H and O–H groups in total. The van der Waals surface area contributed by atoms with Crippen LogP contribution < -0.4 is 10.2 Å². The third-order valence-electron chi connectivity index (χ3n) is 4.22. The van der Waals surface area contributed by atoms with E-state index in [0.29, 0.717) is 41.5 Å². The van der Waals surface area contributed by atoms with E-state index in [1.165, 1.54) is 0 Å². The van der Waals surface area contributed by atoms with Crippen molar-refractivity contribution in [3.8, 4) is 0 Å². The molecule has 25 heavy (non-hydrogen) atoms. The van der Waals surface area contributed by atoms with Gasteiger partial charge in [0.2, 0.25) is 11.8 Å². The molecule has 3 rings (SSSR count). The fourth-order valence-electron chi connectivity index (χ4n) is 3.00. The lowest BCUT2D eigenvalue weighted by Gasteiger charge is -2.24. The van der Waals surface area contributed by atoms with Crippen LogP contribution in [0.25, 0.3) is 0 Å². The minimum atomic E-state index is -0.479. The Morgan fingerprint density at radius 2 is 1.88 bits per heavy atom. The summed E-state index contributed by atoms with van der Waals surface area (Å²) in [6.07, 6.45) is 1.58. The Labute approximate surface area is 156 Å². The van der Waals surface area contributed by atoms with Crippen LogP contribution in [0.5, 0.6) is 0 Å². The number of nitrogens with zero attached hydrogens (tertiary/aromatic N) is 1. The van der Waals surface area contributed by atoms with E-state index in [9.17, 15) is 9.59 Å². The first-order valence-electron chi connectivity index (χ1n) is 8.14. The lowest BCUT2D eigenvalue weighted by molar-refractivity contribution is -0.123. The highest BCUT2D eigenvalue weighted by molar-refractivity contribution is 6.31. The average Bonchev–Trinajstić information content (AvgIpc) is 2.97. The summed E-state index contributed by atoms with van der Waals surface area (Å²) in [5, 5.41) is 4.20. The van der Waals surface area contributed by atoms with Gasteiger partial charge in [0.25, 0.3) is 0 Å². The van der Waals surface area contributed by atoms with Crippen LogP contribution in [0.1, 0.15) is 18.4 Å². The third-order valence-corrected chi connectivity index (χ3v) is 4.71. The SMILES string of the molecule is O=C(NCCc1cccc(Cl)c1)C1CCC(=O)N1c1ccc(Cl)cc1. The maximum Gasteiger partial charge on any atom is 0.243 e. The lowest BCUT2D eigenvalue weighted by atomic mass is 10.1. The van der Waals surface area contributed by atoms with E-state index in [0.717, 1.165) is 5.56 Å². The van der Waals surface area contributed by atoms with Crippen LogP contribution >= 0.6 is 23.2 Å². The summed E-state index contributed by atoms with van der Waals surface area (Å²) >= 11 is 11.9. The second kappa shape index (κ2) is 7.89. The zero-order valence-electron chi connectivity index (χ0n) is 13.5. The van der Waals surface area contributed by atoms with Crippen molar-refractivity contribution in [2.45, 2.75) is 25.3 Å². The highest BCUT2D eigenvalue weighted by atomic mass is 35.5. The monoisotopic (exact) mass is 376 g/mol. The standard InChI is InChI=1S/C19H18Cl2N2O2/c20-14-4-6-16(7-5-14)23-17(8-9-18(23)24)19(25)22-11-10-13-2-1-3-15(21)12-13/h1-7,12,17H,8-11H2,(H,22,25). The van der Waals surface area contributed by atoms with Crippen molar-refractivity contribution in [1.29, 1.82) is 0 Å². The molecular weight excluding hydrogens is 359 g/mol. The number of hydrogen-bond donors (Lipinski definition) is 1. The number of amides is 2. The van der Waals surface area contributed by atoms with Crippen molar-refractivity contribution in [3.05, 3.63) is 64.1 Å². The summed E-state index contributed by atoms with van der Waals surface area (Å²) < 4.78 is 0. The second-order valence-electron chi connectivity index (χ2n) is 5.97. The van der Waals surface area contributed by atoms with Crippen molar-refractivity contribution < 1.29 is 9.59 Å². The molecule has 0 aromatic heterocycles. The van der Waals surface area contributed by atoms with Gasteiger partial charge in [-0.05, 0) is 54.8 Å². The first-order valence-corrected chi connectivity index (χ1v) is 8.90. The highest BCUT2D eigenvalue weighted by Gasteiger charge is 2.36. The van der Waals surface area contributed by atoms with E-state index >= 15 is 0 Å². The number of nitrogens with one attached hydrogen (secondary N) is 1. The molecule has 1 saturated heterocycles. The van der Waals surface area contributed by atoms with Gasteiger partial charge >= 0.3 is 0 Å². The second-order valence-corrected chi connectivity index (χ2v) is 6.84. The van der Waals surface area contributed by atoms with Crippen molar-refractivity contribution in [3.63, 3.8) is 0 Å². The summed E-state index contributed by atoms with van der Waals surface area (Å²) in [6, 6.07) is 14.0. The number of carbonyl (C=O) groups excluding carboxylic acids is 2. The van der Waals surface area contributed by atoms with Gasteiger partial charge in [-0.3, -0.25) is 14.5 Å².